The van der Waals surface area contributed by atoms with Crippen molar-refractivity contribution in [1.82, 2.24) is 44.4 Å². The standard InChI is InChI=1S/C25H31N11O16P2/c26-24-31-18-13(20(41)33-24)28-6-35(18)22-12(30-10(37)2-1-3-11(38)39)16-8(49-22)4-47-54(45,46)52-17-9(5-48-53(43,44)51-16)50-23(15(17)40)36-7-29-14-19(36)32-25(27)34-21(14)42/h6-9,12,15-17,22-23,40H,1-5H2,(H,30,37)(H,38,39)(H,43,44)(H,45,46)(H3,26,31,33,41)(H3,27,32,34,42)/t8-,9-,12?,15+,16+,17?,22-,23-/m1/s1. The molecular formula is C25H31N11O16P2. The van der Waals surface area contributed by atoms with Crippen molar-refractivity contribution in [3.8, 4) is 0 Å². The van der Waals surface area contributed by atoms with E-state index in [1.165, 1.54) is 0 Å². The topological polar surface area (TPSA) is 396 Å². The molecule has 0 spiro atoms. The average Bonchev–Trinajstić information content (AvgIpc) is 3.83. The maximum absolute atomic E-state index is 13.5. The Hall–Kier alpha value is -4.66. The summed E-state index contributed by atoms with van der Waals surface area (Å²) in [6.07, 6.45) is -10.2. The van der Waals surface area contributed by atoms with Gasteiger partial charge in [0.1, 0.15) is 36.6 Å². The number of aliphatic carboxylic acids is 1. The largest absolute Gasteiger partial charge is 0.481 e. The number of aliphatic hydroxyl groups excluding tert-OH is 1. The molecule has 3 aliphatic heterocycles. The van der Waals surface area contributed by atoms with Gasteiger partial charge in [0.25, 0.3) is 11.1 Å². The fraction of sp³-hybridized carbons (Fsp3) is 0.520. The number of nitrogens with one attached hydrogen (secondary N) is 3. The molecule has 10 atom stereocenters. The highest BCUT2D eigenvalue weighted by atomic mass is 31.2. The summed E-state index contributed by atoms with van der Waals surface area (Å²) < 4.78 is 62.3. The van der Waals surface area contributed by atoms with Gasteiger partial charge >= 0.3 is 21.6 Å². The molecule has 0 bridgehead atoms. The van der Waals surface area contributed by atoms with Crippen molar-refractivity contribution in [1.29, 1.82) is 0 Å². The summed E-state index contributed by atoms with van der Waals surface area (Å²) in [6.45, 7) is -1.86. The number of rotatable bonds is 7. The van der Waals surface area contributed by atoms with Crippen LogP contribution in [-0.4, -0.2) is 121 Å². The highest BCUT2D eigenvalue weighted by Crippen LogP contribution is 2.53. The summed E-state index contributed by atoms with van der Waals surface area (Å²) in [5.74, 6) is -2.57. The lowest BCUT2D eigenvalue weighted by atomic mass is 10.1. The molecule has 3 fully saturated rings. The number of carboxylic acid groups (broad SMARTS) is 1. The molecule has 0 aliphatic carbocycles. The third-order valence-corrected chi connectivity index (χ3v) is 10.5. The molecule has 29 heteroatoms. The second kappa shape index (κ2) is 14.2. The number of phosphoric ester groups is 2. The van der Waals surface area contributed by atoms with Crippen LogP contribution in [0.2, 0.25) is 0 Å². The Labute approximate surface area is 298 Å². The number of carbonyl (C=O) groups is 2. The van der Waals surface area contributed by atoms with Crippen LogP contribution in [0, 0.1) is 0 Å². The number of nitrogens with zero attached hydrogens (tertiary/aromatic N) is 6. The van der Waals surface area contributed by atoms with Crippen molar-refractivity contribution >= 4 is 61.7 Å². The molecule has 7 rings (SSSR count). The predicted molar refractivity (Wildman–Crippen MR) is 174 cm³/mol. The minimum atomic E-state index is -5.25. The zero-order chi connectivity index (χ0) is 38.7. The van der Waals surface area contributed by atoms with Crippen molar-refractivity contribution in [2.75, 3.05) is 24.7 Å². The van der Waals surface area contributed by atoms with Crippen LogP contribution in [0.5, 0.6) is 0 Å². The number of amides is 1. The van der Waals surface area contributed by atoms with Crippen LogP contribution in [0.4, 0.5) is 11.9 Å². The number of imidazole rings is 2. The molecule has 0 saturated carbocycles. The van der Waals surface area contributed by atoms with Crippen LogP contribution in [0.15, 0.2) is 22.2 Å². The first-order valence-corrected chi connectivity index (χ1v) is 18.8. The van der Waals surface area contributed by atoms with E-state index in [0.29, 0.717) is 0 Å². The third-order valence-electron chi connectivity index (χ3n) is 8.54. The van der Waals surface area contributed by atoms with Gasteiger partial charge < -0.3 is 46.3 Å². The number of phosphoric acid groups is 2. The van der Waals surface area contributed by atoms with Crippen LogP contribution in [0.1, 0.15) is 31.7 Å². The second-order valence-electron chi connectivity index (χ2n) is 12.2. The molecule has 0 aromatic carbocycles. The number of nitrogen functional groups attached to an aromatic ring is 2. The Morgan fingerprint density at radius 3 is 1.91 bits per heavy atom. The Kier molecular flexibility index (Phi) is 9.90. The summed E-state index contributed by atoms with van der Waals surface area (Å²) >= 11 is 0. The molecule has 54 heavy (non-hydrogen) atoms. The van der Waals surface area contributed by atoms with Gasteiger partial charge in [0.05, 0.1) is 25.9 Å². The highest BCUT2D eigenvalue weighted by molar-refractivity contribution is 7.47. The van der Waals surface area contributed by atoms with Gasteiger partial charge in [0.15, 0.2) is 34.8 Å². The molecule has 4 unspecified atom stereocenters. The number of aromatic amines is 2. The van der Waals surface area contributed by atoms with Crippen molar-refractivity contribution < 1.29 is 66.3 Å². The number of ether oxygens (including phenoxy) is 2. The summed E-state index contributed by atoms with van der Waals surface area (Å²) in [6, 6.07) is -1.50. The number of carboxylic acids is 1. The van der Waals surface area contributed by atoms with E-state index >= 15 is 0 Å². The van der Waals surface area contributed by atoms with Crippen LogP contribution < -0.4 is 27.9 Å². The van der Waals surface area contributed by atoms with Gasteiger partial charge in [-0.15, -0.1) is 0 Å². The molecule has 292 valence electrons. The fourth-order valence-corrected chi connectivity index (χ4v) is 8.16. The number of aromatic nitrogens is 8. The van der Waals surface area contributed by atoms with Crippen molar-refractivity contribution in [3.63, 3.8) is 0 Å². The molecule has 3 aliphatic rings. The van der Waals surface area contributed by atoms with Gasteiger partial charge in [-0.2, -0.15) is 9.97 Å². The molecule has 4 aromatic heterocycles. The molecule has 1 amide bonds. The van der Waals surface area contributed by atoms with E-state index in [0.717, 1.165) is 21.8 Å². The highest BCUT2D eigenvalue weighted by Gasteiger charge is 2.54. The lowest BCUT2D eigenvalue weighted by Crippen LogP contribution is -2.48. The lowest BCUT2D eigenvalue weighted by Gasteiger charge is -2.29. The van der Waals surface area contributed by atoms with E-state index < -0.39 is 101 Å². The third kappa shape index (κ3) is 7.38. The normalized spacial score (nSPS) is 33.2. The number of anilines is 2. The predicted octanol–water partition coefficient (Wildman–Crippen LogP) is -2.67. The maximum Gasteiger partial charge on any atom is 0.472 e. The first kappa shape index (κ1) is 37.6. The summed E-state index contributed by atoms with van der Waals surface area (Å²) in [5, 5.41) is 22.8. The minimum absolute atomic E-state index is 0.101. The van der Waals surface area contributed by atoms with Crippen molar-refractivity contribution in [2.45, 2.75) is 68.3 Å². The average molecular weight is 804 g/mol. The molecule has 3 saturated heterocycles. The number of aliphatic hydroxyl groups is 1. The minimum Gasteiger partial charge on any atom is -0.481 e. The van der Waals surface area contributed by atoms with Crippen LogP contribution in [0.3, 0.4) is 0 Å². The van der Waals surface area contributed by atoms with Crippen LogP contribution in [-0.2, 0) is 46.3 Å². The van der Waals surface area contributed by atoms with E-state index in [-0.39, 0.29) is 53.5 Å². The smallest absolute Gasteiger partial charge is 0.472 e. The van der Waals surface area contributed by atoms with Gasteiger partial charge in [-0.25, -0.2) is 19.1 Å². The Balaban J connectivity index is 1.20. The first-order valence-electron chi connectivity index (χ1n) is 15.8. The van der Waals surface area contributed by atoms with Gasteiger partial charge in [-0.3, -0.25) is 56.4 Å². The summed E-state index contributed by atoms with van der Waals surface area (Å²) in [7, 11) is -10.5. The monoisotopic (exact) mass is 803 g/mol. The number of nitrogens with two attached hydrogens (primary N) is 2. The number of fused-ring (bicyclic) bond motifs is 4. The van der Waals surface area contributed by atoms with Gasteiger partial charge in [-0.1, -0.05) is 0 Å². The Morgan fingerprint density at radius 2 is 1.35 bits per heavy atom. The number of hydrogen-bond donors (Lipinski definition) is 9. The van der Waals surface area contributed by atoms with E-state index in [2.05, 4.69) is 35.2 Å². The summed E-state index contributed by atoms with van der Waals surface area (Å²) in [5.41, 5.74) is 9.20. The van der Waals surface area contributed by atoms with Crippen molar-refractivity contribution in [2.24, 2.45) is 0 Å². The van der Waals surface area contributed by atoms with Gasteiger partial charge in [0.2, 0.25) is 17.8 Å². The van der Waals surface area contributed by atoms with E-state index in [9.17, 15) is 43.2 Å². The van der Waals surface area contributed by atoms with Gasteiger partial charge in [0, 0.05) is 12.8 Å². The molecule has 0 radical (unpaired) electrons. The van der Waals surface area contributed by atoms with E-state index in [1.807, 2.05) is 0 Å². The fourth-order valence-electron chi connectivity index (χ4n) is 6.23. The zero-order valence-electron chi connectivity index (χ0n) is 27.2. The van der Waals surface area contributed by atoms with Crippen molar-refractivity contribution in [3.05, 3.63) is 33.4 Å². The van der Waals surface area contributed by atoms with Crippen LogP contribution >= 0.6 is 15.6 Å². The number of H-pyrrole nitrogens is 2. The number of carbonyl (C=O) groups excluding carboxylic acids is 1. The van der Waals surface area contributed by atoms with Crippen LogP contribution in [0.25, 0.3) is 22.3 Å². The molecular weight excluding hydrogens is 772 g/mol. The number of hydrogen-bond acceptors (Lipinski definition) is 19. The second-order valence-corrected chi connectivity index (χ2v) is 15.0. The first-order chi connectivity index (χ1) is 25.5. The van der Waals surface area contributed by atoms with E-state index in [4.69, 9.17) is 44.1 Å². The van der Waals surface area contributed by atoms with Gasteiger partial charge in [-0.05, 0) is 6.42 Å². The quantitative estimate of drug-likeness (QED) is 0.0860. The molecule has 7 heterocycles. The summed E-state index contributed by atoms with van der Waals surface area (Å²) in [4.78, 5) is 91.2. The Bertz CT molecular complexity index is 2330. The zero-order valence-corrected chi connectivity index (χ0v) is 29.0. The SMILES string of the molecule is Nc1nc2c(ncn2[C@@H]2O[C@@H]3COP(=O)(O)OC4[C@@H](COP(=O)(O)O[C@@H]3C2NC(=O)CCCC(=O)O)O[C@@H](n2cnc3c(=O)[nH]c(N)nc32)[C@H]4O)c(=O)[nH]1. The molecule has 4 aromatic rings. The van der Waals surface area contributed by atoms with E-state index in [1.54, 1.807) is 0 Å². The Morgan fingerprint density at radius 1 is 0.852 bits per heavy atom. The molecule has 11 N–H and O–H groups in total. The maximum atomic E-state index is 13.5. The molecule has 27 nitrogen and oxygen atoms in total. The lowest BCUT2D eigenvalue weighted by molar-refractivity contribution is -0.137.